The monoisotopic (exact) mass is 176 g/mol. The molecule has 0 radical (unpaired) electrons. The van der Waals surface area contributed by atoms with Crippen LogP contribution in [0, 0.1) is 5.41 Å². The fourth-order valence-electron chi connectivity index (χ4n) is 1.03. The van der Waals surface area contributed by atoms with Gasteiger partial charge in [0, 0.05) is 0 Å². The maximum atomic E-state index is 7.42. The van der Waals surface area contributed by atoms with E-state index in [1.54, 1.807) is 18.3 Å². The molecule has 0 aliphatic heterocycles. The van der Waals surface area contributed by atoms with Gasteiger partial charge in [-0.1, -0.05) is 12.1 Å². The fraction of sp³-hybridized carbons (Fsp3) is 0.111. The number of thiazole rings is 1. The summed E-state index contributed by atoms with van der Waals surface area (Å²) in [5, 5.41) is 8.23. The first-order valence-electron chi connectivity index (χ1n) is 3.68. The maximum Gasteiger partial charge on any atom is 0.137 e. The first kappa shape index (κ1) is 7.43. The number of fused-ring (bicyclic) bond motifs is 1. The van der Waals surface area contributed by atoms with E-state index in [1.165, 1.54) is 0 Å². The molecule has 1 heterocycles. The van der Waals surface area contributed by atoms with Gasteiger partial charge in [-0.05, 0) is 19.1 Å². The molecule has 3 heteroatoms. The molecule has 0 saturated carbocycles. The summed E-state index contributed by atoms with van der Waals surface area (Å²) in [7, 11) is 0. The Morgan fingerprint density at radius 3 is 2.83 bits per heavy atom. The third-order valence-electron chi connectivity index (χ3n) is 1.61. The van der Waals surface area contributed by atoms with Crippen LogP contribution in [0.25, 0.3) is 10.2 Å². The average Bonchev–Trinajstić information content (AvgIpc) is 2.46. The molecule has 0 saturated heterocycles. The van der Waals surface area contributed by atoms with Crippen LogP contribution in [0.1, 0.15) is 11.9 Å². The van der Waals surface area contributed by atoms with E-state index in [9.17, 15) is 0 Å². The molecule has 2 nitrogen and oxygen atoms in total. The zero-order valence-corrected chi connectivity index (χ0v) is 7.48. The van der Waals surface area contributed by atoms with Crippen molar-refractivity contribution in [1.82, 2.24) is 4.98 Å². The van der Waals surface area contributed by atoms with Crippen molar-refractivity contribution in [2.45, 2.75) is 6.92 Å². The summed E-state index contributed by atoms with van der Waals surface area (Å²) in [6, 6.07) is 7.95. The molecule has 0 bridgehead atoms. The van der Waals surface area contributed by atoms with Gasteiger partial charge in [-0.25, -0.2) is 4.98 Å². The van der Waals surface area contributed by atoms with E-state index in [2.05, 4.69) is 4.98 Å². The van der Waals surface area contributed by atoms with Crippen LogP contribution in [0.5, 0.6) is 0 Å². The molecule has 0 aliphatic carbocycles. The molecule has 2 aromatic rings. The third kappa shape index (κ3) is 1.12. The molecular formula is C9H8N2S. The molecule has 2 rings (SSSR count). The Bertz CT molecular complexity index is 398. The molecule has 0 fully saturated rings. The molecule has 60 valence electrons. The average molecular weight is 176 g/mol. The van der Waals surface area contributed by atoms with E-state index in [1.807, 2.05) is 24.3 Å². The van der Waals surface area contributed by atoms with Gasteiger partial charge < -0.3 is 5.41 Å². The summed E-state index contributed by atoms with van der Waals surface area (Å²) in [6.45, 7) is 1.76. The second-order valence-corrected chi connectivity index (χ2v) is 3.64. The summed E-state index contributed by atoms with van der Waals surface area (Å²) < 4.78 is 1.15. The van der Waals surface area contributed by atoms with Gasteiger partial charge in [0.2, 0.25) is 0 Å². The first-order chi connectivity index (χ1) is 5.77. The van der Waals surface area contributed by atoms with Crippen LogP contribution in [0.3, 0.4) is 0 Å². The lowest BCUT2D eigenvalue weighted by atomic mass is 10.3. The molecule has 0 amide bonds. The van der Waals surface area contributed by atoms with Crippen molar-refractivity contribution >= 4 is 27.3 Å². The molecule has 1 N–H and O–H groups in total. The number of nitrogens with zero attached hydrogens (tertiary/aromatic N) is 1. The minimum atomic E-state index is 0.538. The molecule has 0 spiro atoms. The minimum absolute atomic E-state index is 0.538. The molecule has 0 atom stereocenters. The Morgan fingerprint density at radius 2 is 2.17 bits per heavy atom. The van der Waals surface area contributed by atoms with Crippen molar-refractivity contribution in [3.8, 4) is 0 Å². The highest BCUT2D eigenvalue weighted by Gasteiger charge is 2.03. The number of nitrogens with one attached hydrogen (secondary N) is 1. The van der Waals surface area contributed by atoms with Gasteiger partial charge in [-0.3, -0.25) is 0 Å². The van der Waals surface area contributed by atoms with E-state index in [-0.39, 0.29) is 0 Å². The first-order valence-corrected chi connectivity index (χ1v) is 4.50. The lowest BCUT2D eigenvalue weighted by Gasteiger charge is -1.83. The van der Waals surface area contributed by atoms with Crippen LogP contribution in [0.2, 0.25) is 0 Å². The second-order valence-electron chi connectivity index (χ2n) is 2.61. The normalized spacial score (nSPS) is 10.4. The number of benzene rings is 1. The largest absolute Gasteiger partial charge is 0.302 e. The van der Waals surface area contributed by atoms with Crippen molar-refractivity contribution in [3.05, 3.63) is 29.3 Å². The van der Waals surface area contributed by atoms with Gasteiger partial charge in [0.15, 0.2) is 0 Å². The molecular weight excluding hydrogens is 168 g/mol. The topological polar surface area (TPSA) is 36.7 Å². The molecule has 0 unspecified atom stereocenters. The van der Waals surface area contributed by atoms with E-state index in [0.717, 1.165) is 15.2 Å². The Balaban J connectivity index is 2.70. The predicted molar refractivity (Wildman–Crippen MR) is 52.1 cm³/mol. The molecule has 1 aromatic carbocycles. The third-order valence-corrected chi connectivity index (χ3v) is 2.77. The standard InChI is InChI=1S/C9H8N2S/c1-6(10)9-11-7-4-2-3-5-8(7)12-9/h2-5,10H,1H3. The summed E-state index contributed by atoms with van der Waals surface area (Å²) in [5.41, 5.74) is 1.53. The SMILES string of the molecule is CC(=N)c1nc2ccccc2s1. The van der Waals surface area contributed by atoms with Gasteiger partial charge >= 0.3 is 0 Å². The Kier molecular flexibility index (Phi) is 1.66. The number of para-hydroxylation sites is 1. The highest BCUT2D eigenvalue weighted by molar-refractivity contribution is 7.20. The molecule has 1 aromatic heterocycles. The predicted octanol–water partition coefficient (Wildman–Crippen LogP) is 2.68. The summed E-state index contributed by atoms with van der Waals surface area (Å²) in [5.74, 6) is 0. The van der Waals surface area contributed by atoms with Gasteiger partial charge in [0.05, 0.1) is 15.9 Å². The fourth-order valence-corrected chi connectivity index (χ4v) is 1.90. The molecule has 12 heavy (non-hydrogen) atoms. The number of hydrogen-bond donors (Lipinski definition) is 1. The van der Waals surface area contributed by atoms with Crippen LogP contribution >= 0.6 is 11.3 Å². The lowest BCUT2D eigenvalue weighted by Crippen LogP contribution is -1.88. The zero-order chi connectivity index (χ0) is 8.55. The summed E-state index contributed by atoms with van der Waals surface area (Å²) in [6.07, 6.45) is 0. The van der Waals surface area contributed by atoms with Gasteiger partial charge in [-0.2, -0.15) is 0 Å². The van der Waals surface area contributed by atoms with Crippen LogP contribution in [-0.4, -0.2) is 10.7 Å². The van der Waals surface area contributed by atoms with Crippen molar-refractivity contribution in [3.63, 3.8) is 0 Å². The van der Waals surface area contributed by atoms with E-state index >= 15 is 0 Å². The van der Waals surface area contributed by atoms with Crippen LogP contribution in [0.15, 0.2) is 24.3 Å². The highest BCUT2D eigenvalue weighted by Crippen LogP contribution is 2.21. The Labute approximate surface area is 74.4 Å². The zero-order valence-electron chi connectivity index (χ0n) is 6.66. The van der Waals surface area contributed by atoms with Crippen LogP contribution < -0.4 is 0 Å². The summed E-state index contributed by atoms with van der Waals surface area (Å²) >= 11 is 1.57. The van der Waals surface area contributed by atoms with Crippen molar-refractivity contribution in [2.24, 2.45) is 0 Å². The van der Waals surface area contributed by atoms with E-state index < -0.39 is 0 Å². The van der Waals surface area contributed by atoms with Crippen molar-refractivity contribution in [2.75, 3.05) is 0 Å². The van der Waals surface area contributed by atoms with Crippen LogP contribution in [0.4, 0.5) is 0 Å². The number of rotatable bonds is 1. The number of aromatic nitrogens is 1. The second kappa shape index (κ2) is 2.68. The Hall–Kier alpha value is -1.22. The highest BCUT2D eigenvalue weighted by atomic mass is 32.1. The van der Waals surface area contributed by atoms with Gasteiger partial charge in [0.1, 0.15) is 5.01 Å². The smallest absolute Gasteiger partial charge is 0.137 e. The van der Waals surface area contributed by atoms with Gasteiger partial charge in [0.25, 0.3) is 0 Å². The Morgan fingerprint density at radius 1 is 1.42 bits per heavy atom. The van der Waals surface area contributed by atoms with Gasteiger partial charge in [-0.15, -0.1) is 11.3 Å². The van der Waals surface area contributed by atoms with E-state index in [4.69, 9.17) is 5.41 Å². The number of hydrogen-bond acceptors (Lipinski definition) is 3. The summed E-state index contributed by atoms with van der Waals surface area (Å²) in [4.78, 5) is 4.31. The van der Waals surface area contributed by atoms with Crippen LogP contribution in [-0.2, 0) is 0 Å². The lowest BCUT2D eigenvalue weighted by molar-refractivity contribution is 1.39. The quantitative estimate of drug-likeness (QED) is 0.666. The molecule has 0 aliphatic rings. The minimum Gasteiger partial charge on any atom is -0.302 e. The van der Waals surface area contributed by atoms with Crippen molar-refractivity contribution < 1.29 is 0 Å². The maximum absolute atomic E-state index is 7.42. The van der Waals surface area contributed by atoms with E-state index in [0.29, 0.717) is 5.71 Å². The van der Waals surface area contributed by atoms with Crippen molar-refractivity contribution in [1.29, 1.82) is 5.41 Å².